The van der Waals surface area contributed by atoms with E-state index < -0.39 is 30.4 Å². The molecule has 4 aromatic rings. The lowest BCUT2D eigenvalue weighted by molar-refractivity contribution is -0.137. The molecule has 3 aromatic heterocycles. The molecule has 1 aliphatic heterocycles. The van der Waals surface area contributed by atoms with Crippen LogP contribution in [0, 0.1) is 0 Å². The van der Waals surface area contributed by atoms with Crippen LogP contribution < -0.4 is 10.6 Å². The Hall–Kier alpha value is -3.64. The van der Waals surface area contributed by atoms with E-state index in [2.05, 4.69) is 30.6 Å². The van der Waals surface area contributed by atoms with Gasteiger partial charge >= 0.3 is 0 Å². The third kappa shape index (κ3) is 4.42. The van der Waals surface area contributed by atoms with Crippen molar-refractivity contribution in [3.05, 3.63) is 65.7 Å². The van der Waals surface area contributed by atoms with E-state index in [4.69, 9.17) is 16.3 Å². The molecule has 5 rings (SSSR count). The molecule has 4 N–H and O–H groups in total. The van der Waals surface area contributed by atoms with Crippen LogP contribution in [0.15, 0.2) is 55.1 Å². The topological polar surface area (TPSA) is 147 Å². The van der Waals surface area contributed by atoms with Gasteiger partial charge in [-0.1, -0.05) is 23.7 Å². The van der Waals surface area contributed by atoms with Crippen molar-refractivity contribution in [2.24, 2.45) is 0 Å². The number of pyridine rings is 1. The van der Waals surface area contributed by atoms with Gasteiger partial charge in [0.1, 0.15) is 12.2 Å². The summed E-state index contributed by atoms with van der Waals surface area (Å²) < 4.78 is 7.21. The molecule has 0 radical (unpaired) electrons. The molecule has 11 nitrogen and oxygen atoms in total. The molecule has 1 fully saturated rings. The molecule has 0 bridgehead atoms. The smallest absolute Gasteiger partial charge is 0.251 e. The molecule has 1 aliphatic rings. The fourth-order valence-electron chi connectivity index (χ4n) is 3.93. The Balaban J connectivity index is 1.57. The van der Waals surface area contributed by atoms with Crippen molar-refractivity contribution < 1.29 is 19.7 Å². The third-order valence-corrected chi connectivity index (χ3v) is 5.94. The highest BCUT2D eigenvalue weighted by molar-refractivity contribution is 6.30. The maximum atomic E-state index is 12.1. The van der Waals surface area contributed by atoms with Crippen molar-refractivity contribution in [1.82, 2.24) is 29.8 Å². The maximum Gasteiger partial charge on any atom is 0.251 e. The quantitative estimate of drug-likeness (QED) is 0.312. The van der Waals surface area contributed by atoms with Crippen LogP contribution in [0.5, 0.6) is 0 Å². The minimum Gasteiger partial charge on any atom is -0.387 e. The fraction of sp³-hybridized carbons (Fsp3) is 0.261. The van der Waals surface area contributed by atoms with Crippen molar-refractivity contribution >= 4 is 34.5 Å². The summed E-state index contributed by atoms with van der Waals surface area (Å²) in [7, 11) is 1.43. The molecule has 0 spiro atoms. The number of nitrogens with zero attached hydrogens (tertiary/aromatic N) is 5. The van der Waals surface area contributed by atoms with Gasteiger partial charge in [0.15, 0.2) is 35.1 Å². The minimum absolute atomic E-state index is 0.348. The highest BCUT2D eigenvalue weighted by Gasteiger charge is 2.47. The number of ether oxygens (including phenoxy) is 1. The monoisotopic (exact) mass is 495 g/mol. The van der Waals surface area contributed by atoms with Crippen LogP contribution >= 0.6 is 11.6 Å². The summed E-state index contributed by atoms with van der Waals surface area (Å²) in [6.07, 6.45) is -0.411. The number of aliphatic hydroxyl groups is 2. The van der Waals surface area contributed by atoms with Gasteiger partial charge in [-0.05, 0) is 29.8 Å². The lowest BCUT2D eigenvalue weighted by Crippen LogP contribution is -2.41. The van der Waals surface area contributed by atoms with Gasteiger partial charge in [0, 0.05) is 36.6 Å². The highest BCUT2D eigenvalue weighted by atomic mass is 35.5. The number of fused-ring (bicyclic) bond motifs is 1. The number of rotatable bonds is 6. The standard InChI is InChI=1S/C23H22ClN7O4/c1-25-22(34)18-16(32)17(33)23(35-18)31-11-28-15-20(27-9-12-4-2-6-14(24)8-12)29-19(30-21(15)31)13-5-3-7-26-10-13/h2-8,10-11,16-18,23,32-33H,9H2,1H3,(H,25,34)(H,27,29,30). The van der Waals surface area contributed by atoms with Gasteiger partial charge in [-0.15, -0.1) is 0 Å². The van der Waals surface area contributed by atoms with Crippen LogP contribution in [-0.2, 0) is 16.1 Å². The predicted octanol–water partition coefficient (Wildman–Crippen LogP) is 1.52. The molecule has 180 valence electrons. The van der Waals surface area contributed by atoms with Crippen molar-refractivity contribution in [1.29, 1.82) is 0 Å². The number of anilines is 1. The van der Waals surface area contributed by atoms with E-state index in [9.17, 15) is 15.0 Å². The number of likely N-dealkylation sites (N-methyl/N-ethyl adjacent to an activating group) is 1. The number of amides is 1. The lowest BCUT2D eigenvalue weighted by Gasteiger charge is -2.17. The first-order valence-corrected chi connectivity index (χ1v) is 11.2. The van der Waals surface area contributed by atoms with Gasteiger partial charge in [-0.25, -0.2) is 15.0 Å². The van der Waals surface area contributed by atoms with Crippen LogP contribution in [0.4, 0.5) is 5.82 Å². The summed E-state index contributed by atoms with van der Waals surface area (Å²) in [6.45, 7) is 0.423. The normalized spacial score (nSPS) is 21.8. The number of halogens is 1. The Morgan fingerprint density at radius 3 is 2.80 bits per heavy atom. The van der Waals surface area contributed by atoms with E-state index in [-0.39, 0.29) is 0 Å². The average molecular weight is 496 g/mol. The number of aromatic nitrogens is 5. The van der Waals surface area contributed by atoms with Crippen molar-refractivity contribution in [2.45, 2.75) is 31.1 Å². The summed E-state index contributed by atoms with van der Waals surface area (Å²) in [6, 6.07) is 11.0. The van der Waals surface area contributed by atoms with E-state index in [1.54, 1.807) is 24.5 Å². The molecule has 1 amide bonds. The van der Waals surface area contributed by atoms with Gasteiger partial charge in [0.05, 0.1) is 6.33 Å². The summed E-state index contributed by atoms with van der Waals surface area (Å²) in [4.78, 5) is 30.0. The number of aliphatic hydroxyl groups excluding tert-OH is 2. The Morgan fingerprint density at radius 2 is 2.06 bits per heavy atom. The first-order valence-electron chi connectivity index (χ1n) is 10.8. The second-order valence-corrected chi connectivity index (χ2v) is 8.42. The number of nitrogens with one attached hydrogen (secondary N) is 2. The van der Waals surface area contributed by atoms with E-state index in [0.29, 0.717) is 39.9 Å². The Kier molecular flexibility index (Phi) is 6.31. The Morgan fingerprint density at radius 1 is 1.20 bits per heavy atom. The molecule has 1 aromatic carbocycles. The van der Waals surface area contributed by atoms with Crippen molar-refractivity contribution in [3.63, 3.8) is 0 Å². The number of carbonyl (C=O) groups is 1. The molecule has 12 heteroatoms. The number of benzene rings is 1. The van der Waals surface area contributed by atoms with Crippen LogP contribution in [0.1, 0.15) is 11.8 Å². The van der Waals surface area contributed by atoms with Gasteiger partial charge in [0.25, 0.3) is 5.91 Å². The summed E-state index contributed by atoms with van der Waals surface area (Å²) in [5.41, 5.74) is 2.39. The first kappa shape index (κ1) is 23.1. The van der Waals surface area contributed by atoms with Gasteiger partial charge in [-0.3, -0.25) is 14.3 Å². The summed E-state index contributed by atoms with van der Waals surface area (Å²) >= 11 is 6.11. The van der Waals surface area contributed by atoms with E-state index in [1.807, 2.05) is 24.3 Å². The zero-order chi connectivity index (χ0) is 24.5. The molecule has 1 saturated heterocycles. The van der Waals surface area contributed by atoms with Crippen LogP contribution in [0.3, 0.4) is 0 Å². The number of carbonyl (C=O) groups excluding carboxylic acids is 1. The van der Waals surface area contributed by atoms with Gasteiger partial charge < -0.3 is 25.6 Å². The number of imidazole rings is 1. The zero-order valence-corrected chi connectivity index (χ0v) is 19.3. The largest absolute Gasteiger partial charge is 0.387 e. The second kappa shape index (κ2) is 9.55. The van der Waals surface area contributed by atoms with Gasteiger partial charge in [0.2, 0.25) is 0 Å². The molecular formula is C23H22ClN7O4. The maximum absolute atomic E-state index is 12.1. The molecule has 0 aliphatic carbocycles. The Bertz CT molecular complexity index is 1370. The third-order valence-electron chi connectivity index (χ3n) is 5.71. The molecule has 4 heterocycles. The van der Waals surface area contributed by atoms with Crippen molar-refractivity contribution in [3.8, 4) is 11.4 Å². The lowest BCUT2D eigenvalue weighted by atomic mass is 10.1. The SMILES string of the molecule is CNC(=O)C1OC(n2cnc3c(NCc4cccc(Cl)c4)nc(-c4cccnc4)nc32)C(O)C1O. The summed E-state index contributed by atoms with van der Waals surface area (Å²) in [5.74, 6) is 0.276. The summed E-state index contributed by atoms with van der Waals surface area (Å²) in [5, 5.41) is 27.4. The number of hydrogen-bond donors (Lipinski definition) is 4. The highest BCUT2D eigenvalue weighted by Crippen LogP contribution is 2.33. The molecular weight excluding hydrogens is 474 g/mol. The fourth-order valence-corrected chi connectivity index (χ4v) is 4.14. The van der Waals surface area contributed by atoms with Crippen molar-refractivity contribution in [2.75, 3.05) is 12.4 Å². The molecule has 35 heavy (non-hydrogen) atoms. The number of hydrogen-bond acceptors (Lipinski definition) is 9. The molecule has 0 saturated carbocycles. The van der Waals surface area contributed by atoms with Crippen LogP contribution in [0.2, 0.25) is 5.02 Å². The van der Waals surface area contributed by atoms with Crippen LogP contribution in [-0.4, -0.2) is 66.0 Å². The second-order valence-electron chi connectivity index (χ2n) is 7.99. The molecule has 4 unspecified atom stereocenters. The predicted molar refractivity (Wildman–Crippen MR) is 127 cm³/mol. The van der Waals surface area contributed by atoms with Crippen LogP contribution in [0.25, 0.3) is 22.6 Å². The zero-order valence-electron chi connectivity index (χ0n) is 18.5. The van der Waals surface area contributed by atoms with E-state index in [0.717, 1.165) is 5.56 Å². The van der Waals surface area contributed by atoms with E-state index in [1.165, 1.54) is 17.9 Å². The average Bonchev–Trinajstić information content (AvgIpc) is 3.43. The molecule has 4 atom stereocenters. The van der Waals surface area contributed by atoms with E-state index >= 15 is 0 Å². The minimum atomic E-state index is -1.42. The van der Waals surface area contributed by atoms with Gasteiger partial charge in [-0.2, -0.15) is 0 Å². The first-order chi connectivity index (χ1) is 17.0. The Labute approximate surface area is 204 Å².